The van der Waals surface area contributed by atoms with Crippen molar-refractivity contribution in [3.8, 4) is 0 Å². The first kappa shape index (κ1) is 14.7. The first-order valence-electron chi connectivity index (χ1n) is 6.22. The number of ether oxygens (including phenoxy) is 1. The number of fused-ring (bicyclic) bond motifs is 1. The molecule has 1 heterocycles. The van der Waals surface area contributed by atoms with Gasteiger partial charge >= 0.3 is 11.9 Å². The second-order valence-corrected chi connectivity index (χ2v) is 4.54. The Morgan fingerprint density at radius 2 is 1.67 bits per heavy atom. The van der Waals surface area contributed by atoms with Crippen LogP contribution in [-0.4, -0.2) is 35.9 Å². The molecule has 0 spiro atoms. The zero-order valence-electron chi connectivity index (χ0n) is 11.5. The van der Waals surface area contributed by atoms with Crippen molar-refractivity contribution in [3.63, 3.8) is 0 Å². The largest absolute Gasteiger partial charge is 0.469 e. The van der Waals surface area contributed by atoms with Crippen molar-refractivity contribution in [1.29, 1.82) is 0 Å². The van der Waals surface area contributed by atoms with Gasteiger partial charge in [-0.25, -0.2) is 4.79 Å². The summed E-state index contributed by atoms with van der Waals surface area (Å²) in [7, 11) is 1.20. The van der Waals surface area contributed by atoms with Crippen LogP contribution in [0.25, 0.3) is 0 Å². The molecule has 21 heavy (non-hydrogen) atoms. The lowest BCUT2D eigenvalue weighted by atomic mass is 10.1. The molecule has 1 aromatic rings. The van der Waals surface area contributed by atoms with Crippen molar-refractivity contribution in [2.45, 2.75) is 13.3 Å². The summed E-state index contributed by atoms with van der Waals surface area (Å²) < 4.78 is 4.48. The molecular weight excluding hydrogens is 278 g/mol. The summed E-state index contributed by atoms with van der Waals surface area (Å²) in [4.78, 5) is 51.6. The summed E-state index contributed by atoms with van der Waals surface area (Å²) in [6, 6.07) is 6.16. The Balaban J connectivity index is 2.05. The highest BCUT2D eigenvalue weighted by Crippen LogP contribution is 2.23. The molecule has 1 aromatic carbocycles. The third-order valence-corrected chi connectivity index (χ3v) is 3.03. The number of hydrogen-bond donors (Lipinski definition) is 0. The summed E-state index contributed by atoms with van der Waals surface area (Å²) in [5.74, 6) is -3.56. The van der Waals surface area contributed by atoms with Gasteiger partial charge in [0.2, 0.25) is 0 Å². The molecule has 0 radical (unpaired) electrons. The van der Waals surface area contributed by atoms with Crippen LogP contribution in [0.1, 0.15) is 34.1 Å². The predicted molar refractivity (Wildman–Crippen MR) is 68.8 cm³/mol. The third-order valence-electron chi connectivity index (χ3n) is 3.03. The van der Waals surface area contributed by atoms with E-state index in [0.717, 1.165) is 0 Å². The predicted octanol–water partition coefficient (Wildman–Crippen LogP) is 0.940. The van der Waals surface area contributed by atoms with Gasteiger partial charge in [-0.05, 0) is 12.1 Å². The average Bonchev–Trinajstić information content (AvgIpc) is 2.72. The Bertz CT molecular complexity index is 589. The third kappa shape index (κ3) is 2.76. The number of methoxy groups -OCH3 is 1. The van der Waals surface area contributed by atoms with Gasteiger partial charge < -0.3 is 9.57 Å². The molecular formula is C14H13NO6. The molecule has 1 aliphatic heterocycles. The molecule has 0 bridgehead atoms. The van der Waals surface area contributed by atoms with Crippen LogP contribution in [0.2, 0.25) is 0 Å². The van der Waals surface area contributed by atoms with E-state index < -0.39 is 29.7 Å². The van der Waals surface area contributed by atoms with Crippen LogP contribution in [0.15, 0.2) is 24.3 Å². The molecule has 1 unspecified atom stereocenters. The minimum absolute atomic E-state index is 0.177. The number of rotatable bonds is 4. The average molecular weight is 291 g/mol. The fraction of sp³-hybridized carbons (Fsp3) is 0.286. The second kappa shape index (κ2) is 5.74. The van der Waals surface area contributed by atoms with Crippen molar-refractivity contribution in [2.24, 2.45) is 5.92 Å². The molecule has 0 fully saturated rings. The van der Waals surface area contributed by atoms with E-state index in [-0.39, 0.29) is 17.5 Å². The van der Waals surface area contributed by atoms with E-state index in [9.17, 15) is 19.2 Å². The Morgan fingerprint density at radius 3 is 2.14 bits per heavy atom. The van der Waals surface area contributed by atoms with Crippen molar-refractivity contribution in [3.05, 3.63) is 35.4 Å². The summed E-state index contributed by atoms with van der Waals surface area (Å²) in [5, 5.41) is 0.414. The van der Waals surface area contributed by atoms with Gasteiger partial charge in [0.05, 0.1) is 30.6 Å². The smallest absolute Gasteiger partial charge is 0.334 e. The van der Waals surface area contributed by atoms with E-state index in [2.05, 4.69) is 4.74 Å². The summed E-state index contributed by atoms with van der Waals surface area (Å²) in [6.07, 6.45) is -0.292. The highest BCUT2D eigenvalue weighted by molar-refractivity contribution is 6.20. The Morgan fingerprint density at radius 1 is 1.14 bits per heavy atom. The van der Waals surface area contributed by atoms with Crippen molar-refractivity contribution in [2.75, 3.05) is 7.11 Å². The maximum absolute atomic E-state index is 12.0. The molecule has 2 amide bonds. The quantitative estimate of drug-likeness (QED) is 0.605. The molecule has 1 atom stereocenters. The Labute approximate surface area is 120 Å². The number of esters is 1. The summed E-state index contributed by atoms with van der Waals surface area (Å²) >= 11 is 0. The van der Waals surface area contributed by atoms with E-state index in [4.69, 9.17) is 4.84 Å². The summed E-state index contributed by atoms with van der Waals surface area (Å²) in [5.41, 5.74) is 0.354. The van der Waals surface area contributed by atoms with Gasteiger partial charge in [-0.3, -0.25) is 14.4 Å². The molecule has 0 N–H and O–H groups in total. The Kier molecular flexibility index (Phi) is 4.02. The second-order valence-electron chi connectivity index (χ2n) is 4.54. The minimum atomic E-state index is -0.859. The molecule has 1 aliphatic rings. The van der Waals surface area contributed by atoms with Crippen molar-refractivity contribution in [1.82, 2.24) is 5.06 Å². The summed E-state index contributed by atoms with van der Waals surface area (Å²) in [6.45, 7) is 1.48. The topological polar surface area (TPSA) is 90.0 Å². The van der Waals surface area contributed by atoms with Crippen LogP contribution in [0.4, 0.5) is 0 Å². The van der Waals surface area contributed by atoms with Crippen molar-refractivity contribution < 1.29 is 28.8 Å². The van der Waals surface area contributed by atoms with Crippen molar-refractivity contribution >= 4 is 23.8 Å². The SMILES string of the molecule is COC(=O)C(C)CC(=O)ON1C(=O)c2ccccc2C1=O. The fourth-order valence-electron chi connectivity index (χ4n) is 1.92. The maximum atomic E-state index is 12.0. The molecule has 7 nitrogen and oxygen atoms in total. The maximum Gasteiger partial charge on any atom is 0.334 e. The monoisotopic (exact) mass is 291 g/mol. The lowest BCUT2D eigenvalue weighted by Crippen LogP contribution is -2.33. The standard InChI is InChI=1S/C14H13NO6/c1-8(14(19)20-2)7-11(16)21-15-12(17)9-5-3-4-6-10(9)13(15)18/h3-6,8H,7H2,1-2H3. The molecule has 110 valence electrons. The fourth-order valence-corrected chi connectivity index (χ4v) is 1.92. The van der Waals surface area contributed by atoms with Gasteiger partial charge in [-0.15, -0.1) is 0 Å². The normalized spacial score (nSPS) is 14.7. The highest BCUT2D eigenvalue weighted by atomic mass is 16.7. The van der Waals surface area contributed by atoms with Gasteiger partial charge in [0.15, 0.2) is 0 Å². The van der Waals surface area contributed by atoms with Gasteiger partial charge in [0.1, 0.15) is 0 Å². The number of amides is 2. The van der Waals surface area contributed by atoms with E-state index >= 15 is 0 Å². The lowest BCUT2D eigenvalue weighted by Gasteiger charge is -2.14. The van der Waals surface area contributed by atoms with E-state index in [1.54, 1.807) is 12.1 Å². The lowest BCUT2D eigenvalue weighted by molar-refractivity contribution is -0.171. The van der Waals surface area contributed by atoms with Crippen LogP contribution in [0, 0.1) is 5.92 Å². The molecule has 0 saturated heterocycles. The van der Waals surface area contributed by atoms with E-state index in [1.807, 2.05) is 0 Å². The van der Waals surface area contributed by atoms with Crippen LogP contribution < -0.4 is 0 Å². The van der Waals surface area contributed by atoms with Crippen LogP contribution in [0.5, 0.6) is 0 Å². The molecule has 0 aliphatic carbocycles. The van der Waals surface area contributed by atoms with Gasteiger partial charge in [0, 0.05) is 0 Å². The van der Waals surface area contributed by atoms with Crippen LogP contribution >= 0.6 is 0 Å². The van der Waals surface area contributed by atoms with Crippen LogP contribution in [-0.2, 0) is 19.2 Å². The van der Waals surface area contributed by atoms with Gasteiger partial charge in [-0.1, -0.05) is 24.1 Å². The Hall–Kier alpha value is -2.70. The molecule has 0 saturated carbocycles. The first-order valence-corrected chi connectivity index (χ1v) is 6.22. The number of carbonyl (C=O) groups excluding carboxylic acids is 4. The number of benzene rings is 1. The molecule has 7 heteroatoms. The minimum Gasteiger partial charge on any atom is -0.469 e. The number of hydroxylamine groups is 2. The number of imide groups is 1. The highest BCUT2D eigenvalue weighted by Gasteiger charge is 2.38. The molecule has 0 aromatic heterocycles. The molecule has 2 rings (SSSR count). The first-order chi connectivity index (χ1) is 9.95. The number of hydrogen-bond acceptors (Lipinski definition) is 6. The zero-order valence-corrected chi connectivity index (χ0v) is 11.5. The van der Waals surface area contributed by atoms with E-state index in [1.165, 1.54) is 26.2 Å². The van der Waals surface area contributed by atoms with Gasteiger partial charge in [0.25, 0.3) is 11.8 Å². The number of carbonyl (C=O) groups is 4. The zero-order chi connectivity index (χ0) is 15.6. The van der Waals surface area contributed by atoms with E-state index in [0.29, 0.717) is 5.06 Å². The van der Waals surface area contributed by atoms with Gasteiger partial charge in [-0.2, -0.15) is 0 Å². The van der Waals surface area contributed by atoms with Crippen LogP contribution in [0.3, 0.4) is 0 Å². The number of nitrogens with zero attached hydrogens (tertiary/aromatic N) is 1.